The van der Waals surface area contributed by atoms with Crippen molar-refractivity contribution in [3.63, 3.8) is 0 Å². The summed E-state index contributed by atoms with van der Waals surface area (Å²) in [5.41, 5.74) is 2.20. The molecule has 4 rings (SSSR count). The van der Waals surface area contributed by atoms with Gasteiger partial charge < -0.3 is 14.5 Å². The molecule has 0 bridgehead atoms. The first-order valence-electron chi connectivity index (χ1n) is 11.3. The highest BCUT2D eigenvalue weighted by Gasteiger charge is 2.34. The van der Waals surface area contributed by atoms with E-state index in [1.807, 2.05) is 28.0 Å². The average Bonchev–Trinajstić information content (AvgIpc) is 3.28. The van der Waals surface area contributed by atoms with Gasteiger partial charge in [-0.3, -0.25) is 14.7 Å². The van der Waals surface area contributed by atoms with Crippen molar-refractivity contribution in [3.8, 4) is 5.75 Å². The van der Waals surface area contributed by atoms with E-state index < -0.39 is 0 Å². The highest BCUT2D eigenvalue weighted by molar-refractivity contribution is 5.97. The minimum Gasteiger partial charge on any atom is -0.496 e. The lowest BCUT2D eigenvalue weighted by Gasteiger charge is -2.39. The molecule has 3 heterocycles. The summed E-state index contributed by atoms with van der Waals surface area (Å²) in [4.78, 5) is 30.3. The van der Waals surface area contributed by atoms with E-state index in [0.29, 0.717) is 30.0 Å². The van der Waals surface area contributed by atoms with Crippen LogP contribution in [0.15, 0.2) is 30.5 Å². The zero-order valence-corrected chi connectivity index (χ0v) is 18.6. The third-order valence-electron chi connectivity index (χ3n) is 6.86. The van der Waals surface area contributed by atoms with E-state index >= 15 is 0 Å². The number of ether oxygens (including phenoxy) is 1. The number of likely N-dealkylation sites (tertiary alicyclic amines) is 2. The number of hydrogen-bond donors (Lipinski definition) is 1. The number of amides is 2. The lowest BCUT2D eigenvalue weighted by Crippen LogP contribution is -2.47. The van der Waals surface area contributed by atoms with Gasteiger partial charge >= 0.3 is 0 Å². The first-order valence-corrected chi connectivity index (χ1v) is 11.3. The molecule has 2 aliphatic heterocycles. The smallest absolute Gasteiger partial charge is 0.257 e. The molecule has 31 heavy (non-hydrogen) atoms. The van der Waals surface area contributed by atoms with Crippen molar-refractivity contribution in [2.45, 2.75) is 64.0 Å². The van der Waals surface area contributed by atoms with Gasteiger partial charge in [-0.15, -0.1) is 0 Å². The summed E-state index contributed by atoms with van der Waals surface area (Å²) in [6.45, 7) is 5.56. The maximum Gasteiger partial charge on any atom is 0.257 e. The van der Waals surface area contributed by atoms with Crippen molar-refractivity contribution in [2.24, 2.45) is 0 Å². The lowest BCUT2D eigenvalue weighted by molar-refractivity contribution is 0.0507. The second-order valence-electron chi connectivity index (χ2n) is 8.81. The van der Waals surface area contributed by atoms with Crippen LogP contribution in [0.5, 0.6) is 5.75 Å². The molecular weight excluding hydrogens is 392 g/mol. The van der Waals surface area contributed by atoms with Crippen LogP contribution in [0.25, 0.3) is 0 Å². The van der Waals surface area contributed by atoms with Gasteiger partial charge in [-0.1, -0.05) is 12.1 Å². The number of H-pyrrole nitrogens is 1. The van der Waals surface area contributed by atoms with Crippen molar-refractivity contribution in [1.82, 2.24) is 20.0 Å². The first-order chi connectivity index (χ1) is 15.0. The molecule has 0 spiro atoms. The maximum absolute atomic E-state index is 13.4. The molecule has 1 N–H and O–H groups in total. The summed E-state index contributed by atoms with van der Waals surface area (Å²) in [6.07, 6.45) is 6.55. The summed E-state index contributed by atoms with van der Waals surface area (Å²) in [5.74, 6) is 0.864. The van der Waals surface area contributed by atoms with Crippen molar-refractivity contribution in [1.29, 1.82) is 0 Å². The van der Waals surface area contributed by atoms with Gasteiger partial charge in [0, 0.05) is 31.1 Å². The van der Waals surface area contributed by atoms with E-state index in [-0.39, 0.29) is 29.8 Å². The Morgan fingerprint density at radius 2 is 1.68 bits per heavy atom. The van der Waals surface area contributed by atoms with Crippen LogP contribution < -0.4 is 4.74 Å². The molecule has 1 aromatic heterocycles. The predicted octanol–water partition coefficient (Wildman–Crippen LogP) is 3.84. The van der Waals surface area contributed by atoms with Gasteiger partial charge in [-0.2, -0.15) is 5.10 Å². The number of piperidine rings is 2. The number of aromatic amines is 1. The van der Waals surface area contributed by atoms with E-state index in [1.165, 1.54) is 6.42 Å². The second kappa shape index (κ2) is 9.12. The Bertz CT molecular complexity index is 922. The first kappa shape index (κ1) is 21.4. The number of rotatable bonds is 4. The number of benzene rings is 1. The Hall–Kier alpha value is -2.83. The normalized spacial score (nSPS) is 22.4. The van der Waals surface area contributed by atoms with Gasteiger partial charge in [-0.25, -0.2) is 0 Å². The minimum absolute atomic E-state index is 0.00669. The fourth-order valence-electron chi connectivity index (χ4n) is 5.10. The molecule has 1 aromatic carbocycles. The van der Waals surface area contributed by atoms with E-state index in [2.05, 4.69) is 24.0 Å². The van der Waals surface area contributed by atoms with Gasteiger partial charge in [-0.05, 0) is 58.1 Å². The summed E-state index contributed by atoms with van der Waals surface area (Å²) >= 11 is 0. The highest BCUT2D eigenvalue weighted by atomic mass is 16.5. The molecule has 0 aliphatic carbocycles. The Balaban J connectivity index is 1.45. The topological polar surface area (TPSA) is 78.5 Å². The monoisotopic (exact) mass is 424 g/mol. The zero-order chi connectivity index (χ0) is 22.0. The summed E-state index contributed by atoms with van der Waals surface area (Å²) in [7, 11) is 1.58. The standard InChI is InChI=1S/C24H32N4O3/c1-16-7-6-8-17(2)28(16)24(30)20-15-25-26-22(20)18-11-13-27(14-12-18)23(29)19-9-4-5-10-21(19)31-3/h4-5,9-10,15-18H,6-8,11-14H2,1-3H3,(H,25,26). The van der Waals surface area contributed by atoms with Gasteiger partial charge in [0.15, 0.2) is 0 Å². The van der Waals surface area contributed by atoms with Crippen molar-refractivity contribution < 1.29 is 14.3 Å². The van der Waals surface area contributed by atoms with Crippen molar-refractivity contribution in [2.75, 3.05) is 20.2 Å². The van der Waals surface area contributed by atoms with Crippen molar-refractivity contribution >= 4 is 11.8 Å². The van der Waals surface area contributed by atoms with E-state index in [9.17, 15) is 9.59 Å². The molecular formula is C24H32N4O3. The largest absolute Gasteiger partial charge is 0.496 e. The van der Waals surface area contributed by atoms with E-state index in [1.54, 1.807) is 19.4 Å². The molecule has 0 radical (unpaired) electrons. The van der Waals surface area contributed by atoms with Crippen molar-refractivity contribution in [3.05, 3.63) is 47.3 Å². The SMILES string of the molecule is COc1ccccc1C(=O)N1CCC(c2[nH]ncc2C(=O)N2C(C)CCCC2C)CC1. The zero-order valence-electron chi connectivity index (χ0n) is 18.6. The number of carbonyl (C=O) groups excluding carboxylic acids is 2. The summed E-state index contributed by atoms with van der Waals surface area (Å²) in [6, 6.07) is 7.83. The average molecular weight is 425 g/mol. The Morgan fingerprint density at radius 1 is 1.00 bits per heavy atom. The number of carbonyl (C=O) groups is 2. The fourth-order valence-corrected chi connectivity index (χ4v) is 5.10. The molecule has 7 nitrogen and oxygen atoms in total. The number of aromatic nitrogens is 2. The summed E-state index contributed by atoms with van der Waals surface area (Å²) in [5, 5.41) is 7.32. The molecule has 2 amide bonds. The maximum atomic E-state index is 13.4. The molecule has 2 aromatic rings. The quantitative estimate of drug-likeness (QED) is 0.809. The molecule has 7 heteroatoms. The van der Waals surface area contributed by atoms with Crippen LogP contribution >= 0.6 is 0 Å². The molecule has 2 fully saturated rings. The third-order valence-corrected chi connectivity index (χ3v) is 6.86. The van der Waals surface area contributed by atoms with Crippen LogP contribution in [-0.2, 0) is 0 Å². The number of nitrogens with zero attached hydrogens (tertiary/aromatic N) is 3. The van der Waals surface area contributed by atoms with E-state index in [4.69, 9.17) is 4.74 Å². The van der Waals surface area contributed by atoms with Gasteiger partial charge in [0.2, 0.25) is 0 Å². The Kier molecular flexibility index (Phi) is 6.30. The van der Waals surface area contributed by atoms with Gasteiger partial charge in [0.05, 0.1) is 30.1 Å². The lowest BCUT2D eigenvalue weighted by atomic mass is 9.89. The predicted molar refractivity (Wildman–Crippen MR) is 118 cm³/mol. The van der Waals surface area contributed by atoms with Crippen LogP contribution in [0.3, 0.4) is 0 Å². The van der Waals surface area contributed by atoms with Crippen LogP contribution in [0.1, 0.15) is 78.3 Å². The number of nitrogens with one attached hydrogen (secondary N) is 1. The van der Waals surface area contributed by atoms with E-state index in [0.717, 1.165) is 31.4 Å². The van der Waals surface area contributed by atoms with Gasteiger partial charge in [0.1, 0.15) is 5.75 Å². The minimum atomic E-state index is -0.00669. The Morgan fingerprint density at radius 3 is 2.35 bits per heavy atom. The Labute approximate surface area is 183 Å². The molecule has 166 valence electrons. The number of hydrogen-bond acceptors (Lipinski definition) is 4. The molecule has 2 aliphatic rings. The van der Waals surface area contributed by atoms with Gasteiger partial charge in [0.25, 0.3) is 11.8 Å². The van der Waals surface area contributed by atoms with Crippen LogP contribution in [0, 0.1) is 0 Å². The second-order valence-corrected chi connectivity index (χ2v) is 8.81. The van der Waals surface area contributed by atoms with Crippen LogP contribution in [0.2, 0.25) is 0 Å². The summed E-state index contributed by atoms with van der Waals surface area (Å²) < 4.78 is 5.35. The third kappa shape index (κ3) is 4.18. The highest BCUT2D eigenvalue weighted by Crippen LogP contribution is 2.32. The molecule has 2 unspecified atom stereocenters. The van der Waals surface area contributed by atoms with Crippen LogP contribution in [-0.4, -0.2) is 64.1 Å². The van der Waals surface area contributed by atoms with Crippen LogP contribution in [0.4, 0.5) is 0 Å². The number of para-hydroxylation sites is 1. The number of methoxy groups -OCH3 is 1. The molecule has 2 atom stereocenters. The molecule has 2 saturated heterocycles. The molecule has 0 saturated carbocycles. The fraction of sp³-hybridized carbons (Fsp3) is 0.542.